The smallest absolute Gasteiger partial charge is 0.123 e. The van der Waals surface area contributed by atoms with Gasteiger partial charge >= 0.3 is 0 Å². The average Bonchev–Trinajstić information content (AvgIpc) is 2.46. The zero-order valence-electron chi connectivity index (χ0n) is 11.1. The Hall–Kier alpha value is -1.58. The highest BCUT2D eigenvalue weighted by molar-refractivity contribution is 6.30. The lowest BCUT2D eigenvalue weighted by molar-refractivity contribution is 0.314. The molecule has 0 aliphatic rings. The van der Waals surface area contributed by atoms with E-state index in [0.29, 0.717) is 11.6 Å². The summed E-state index contributed by atoms with van der Waals surface area (Å²) in [6.07, 6.45) is 0.876. The molecule has 0 unspecified atom stereocenters. The van der Waals surface area contributed by atoms with E-state index in [4.69, 9.17) is 16.3 Å². The normalized spacial score (nSPS) is 10.5. The third-order valence-corrected chi connectivity index (χ3v) is 3.12. The molecule has 0 heterocycles. The maximum Gasteiger partial charge on any atom is 0.123 e. The molecular formula is C16H17ClFNO. The van der Waals surface area contributed by atoms with E-state index in [1.807, 2.05) is 12.1 Å². The molecule has 0 atom stereocenters. The van der Waals surface area contributed by atoms with Crippen molar-refractivity contribution in [2.75, 3.05) is 19.7 Å². The highest BCUT2D eigenvalue weighted by Crippen LogP contribution is 2.15. The van der Waals surface area contributed by atoms with Crippen LogP contribution in [-0.2, 0) is 6.42 Å². The predicted molar refractivity (Wildman–Crippen MR) is 79.9 cm³/mol. The van der Waals surface area contributed by atoms with Gasteiger partial charge in [0, 0.05) is 11.6 Å². The Morgan fingerprint density at radius 1 is 0.950 bits per heavy atom. The lowest BCUT2D eigenvalue weighted by Crippen LogP contribution is -2.23. The summed E-state index contributed by atoms with van der Waals surface area (Å²) in [7, 11) is 0. The topological polar surface area (TPSA) is 21.3 Å². The highest BCUT2D eigenvalue weighted by Gasteiger charge is 1.96. The molecule has 0 aromatic heterocycles. The molecule has 2 rings (SSSR count). The second kappa shape index (κ2) is 7.88. The fraction of sp³-hybridized carbons (Fsp3) is 0.250. The maximum absolute atomic E-state index is 12.7. The van der Waals surface area contributed by atoms with E-state index >= 15 is 0 Å². The number of nitrogens with one attached hydrogen (secondary N) is 1. The van der Waals surface area contributed by atoms with Crippen molar-refractivity contribution in [3.8, 4) is 5.75 Å². The molecule has 20 heavy (non-hydrogen) atoms. The molecule has 1 N–H and O–H groups in total. The van der Waals surface area contributed by atoms with Crippen LogP contribution < -0.4 is 10.1 Å². The number of ether oxygens (including phenoxy) is 1. The molecule has 4 heteroatoms. The number of hydrogen-bond acceptors (Lipinski definition) is 2. The molecule has 0 aliphatic carbocycles. The first-order valence-corrected chi connectivity index (χ1v) is 6.95. The van der Waals surface area contributed by atoms with Gasteiger partial charge in [-0.2, -0.15) is 0 Å². The molecule has 0 spiro atoms. The number of halogens is 2. The van der Waals surface area contributed by atoms with Gasteiger partial charge in [0.25, 0.3) is 0 Å². The Kier molecular flexibility index (Phi) is 5.84. The summed E-state index contributed by atoms with van der Waals surface area (Å²) in [5, 5.41) is 3.99. The zero-order valence-corrected chi connectivity index (χ0v) is 11.9. The van der Waals surface area contributed by atoms with E-state index in [9.17, 15) is 4.39 Å². The van der Waals surface area contributed by atoms with Crippen molar-refractivity contribution < 1.29 is 9.13 Å². The van der Waals surface area contributed by atoms with Crippen LogP contribution in [0.2, 0.25) is 5.02 Å². The van der Waals surface area contributed by atoms with Gasteiger partial charge in [-0.05, 0) is 54.9 Å². The number of hydrogen-bond donors (Lipinski definition) is 1. The first kappa shape index (κ1) is 14.8. The van der Waals surface area contributed by atoms with Gasteiger partial charge in [-0.3, -0.25) is 0 Å². The van der Waals surface area contributed by atoms with Crippen LogP contribution in [0.5, 0.6) is 5.75 Å². The van der Waals surface area contributed by atoms with Gasteiger partial charge in [0.1, 0.15) is 18.2 Å². The Morgan fingerprint density at radius 3 is 2.35 bits per heavy atom. The molecular weight excluding hydrogens is 277 g/mol. The van der Waals surface area contributed by atoms with Crippen LogP contribution in [-0.4, -0.2) is 19.7 Å². The first-order valence-electron chi connectivity index (χ1n) is 6.57. The van der Waals surface area contributed by atoms with Crippen molar-refractivity contribution in [3.05, 3.63) is 64.9 Å². The molecule has 0 aliphatic heterocycles. The average molecular weight is 294 g/mol. The van der Waals surface area contributed by atoms with Crippen molar-refractivity contribution >= 4 is 11.6 Å². The summed E-state index contributed by atoms with van der Waals surface area (Å²) < 4.78 is 18.3. The number of benzene rings is 2. The standard InChI is InChI=1S/C16H17ClFNO/c17-14-3-7-16(8-4-14)20-12-11-19-10-9-13-1-5-15(18)6-2-13/h1-8,19H,9-12H2. The van der Waals surface area contributed by atoms with Crippen LogP contribution in [0, 0.1) is 5.82 Å². The second-order valence-electron chi connectivity index (χ2n) is 4.43. The fourth-order valence-electron chi connectivity index (χ4n) is 1.78. The monoisotopic (exact) mass is 293 g/mol. The van der Waals surface area contributed by atoms with E-state index in [0.717, 1.165) is 30.8 Å². The lowest BCUT2D eigenvalue weighted by Gasteiger charge is -2.07. The van der Waals surface area contributed by atoms with Crippen LogP contribution in [0.15, 0.2) is 48.5 Å². The van der Waals surface area contributed by atoms with Gasteiger partial charge in [-0.25, -0.2) is 4.39 Å². The van der Waals surface area contributed by atoms with E-state index in [1.165, 1.54) is 12.1 Å². The van der Waals surface area contributed by atoms with Crippen LogP contribution in [0.3, 0.4) is 0 Å². The Bertz CT molecular complexity index is 464. The van der Waals surface area contributed by atoms with Gasteiger partial charge in [-0.1, -0.05) is 23.7 Å². The van der Waals surface area contributed by atoms with Crippen molar-refractivity contribution in [3.63, 3.8) is 0 Å². The summed E-state index contributed by atoms with van der Waals surface area (Å²) >= 11 is 5.79. The zero-order chi connectivity index (χ0) is 14.2. The quantitative estimate of drug-likeness (QED) is 0.786. The van der Waals surface area contributed by atoms with Gasteiger partial charge in [0.05, 0.1) is 0 Å². The van der Waals surface area contributed by atoms with Crippen molar-refractivity contribution in [2.24, 2.45) is 0 Å². The van der Waals surface area contributed by atoms with Gasteiger partial charge in [0.2, 0.25) is 0 Å². The third kappa shape index (κ3) is 5.19. The first-order chi connectivity index (χ1) is 9.74. The summed E-state index contributed by atoms with van der Waals surface area (Å²) in [6, 6.07) is 13.9. The van der Waals surface area contributed by atoms with Crippen molar-refractivity contribution in [2.45, 2.75) is 6.42 Å². The molecule has 106 valence electrons. The fourth-order valence-corrected chi connectivity index (χ4v) is 1.91. The largest absolute Gasteiger partial charge is 0.492 e. The Balaban J connectivity index is 1.57. The maximum atomic E-state index is 12.7. The SMILES string of the molecule is Fc1ccc(CCNCCOc2ccc(Cl)cc2)cc1. The minimum absolute atomic E-state index is 0.196. The van der Waals surface area contributed by atoms with Gasteiger partial charge in [0.15, 0.2) is 0 Å². The van der Waals surface area contributed by atoms with Gasteiger partial charge in [-0.15, -0.1) is 0 Å². The van der Waals surface area contributed by atoms with Crippen LogP contribution in [0.4, 0.5) is 4.39 Å². The molecule has 0 bridgehead atoms. The molecule has 2 aromatic carbocycles. The Labute approximate surface area is 123 Å². The summed E-state index contributed by atoms with van der Waals surface area (Å²) in [5.74, 6) is 0.618. The Morgan fingerprint density at radius 2 is 1.65 bits per heavy atom. The third-order valence-electron chi connectivity index (χ3n) is 2.86. The van der Waals surface area contributed by atoms with Crippen LogP contribution in [0.25, 0.3) is 0 Å². The molecule has 2 nitrogen and oxygen atoms in total. The van der Waals surface area contributed by atoms with Gasteiger partial charge < -0.3 is 10.1 Å². The minimum atomic E-state index is -0.196. The molecule has 0 saturated carbocycles. The summed E-state index contributed by atoms with van der Waals surface area (Å²) in [6.45, 7) is 2.21. The predicted octanol–water partition coefficient (Wildman–Crippen LogP) is 3.69. The summed E-state index contributed by atoms with van der Waals surface area (Å²) in [5.41, 5.74) is 1.12. The van der Waals surface area contributed by atoms with Crippen molar-refractivity contribution in [1.29, 1.82) is 0 Å². The lowest BCUT2D eigenvalue weighted by atomic mass is 10.1. The minimum Gasteiger partial charge on any atom is -0.492 e. The number of rotatable bonds is 7. The van der Waals surface area contributed by atoms with E-state index in [2.05, 4.69) is 5.32 Å². The molecule has 0 fully saturated rings. The highest BCUT2D eigenvalue weighted by atomic mass is 35.5. The van der Waals surface area contributed by atoms with E-state index < -0.39 is 0 Å². The van der Waals surface area contributed by atoms with E-state index in [1.54, 1.807) is 24.3 Å². The van der Waals surface area contributed by atoms with E-state index in [-0.39, 0.29) is 5.82 Å². The van der Waals surface area contributed by atoms with Crippen LogP contribution in [0.1, 0.15) is 5.56 Å². The summed E-state index contributed by atoms with van der Waals surface area (Å²) in [4.78, 5) is 0. The van der Waals surface area contributed by atoms with Crippen LogP contribution >= 0.6 is 11.6 Å². The molecule has 0 saturated heterocycles. The molecule has 0 amide bonds. The molecule has 2 aromatic rings. The van der Waals surface area contributed by atoms with Crippen molar-refractivity contribution in [1.82, 2.24) is 5.32 Å². The second-order valence-corrected chi connectivity index (χ2v) is 4.87. The molecule has 0 radical (unpaired) electrons.